The smallest absolute Gasteiger partial charge is 0.125 e. The molecule has 1 aromatic rings. The third-order valence-corrected chi connectivity index (χ3v) is 4.40. The van der Waals surface area contributed by atoms with Crippen molar-refractivity contribution in [3.63, 3.8) is 0 Å². The van der Waals surface area contributed by atoms with Crippen molar-refractivity contribution in [1.82, 2.24) is 4.72 Å². The van der Waals surface area contributed by atoms with E-state index in [2.05, 4.69) is 4.72 Å². The fourth-order valence-electron chi connectivity index (χ4n) is 1.57. The SMILES string of the molecule is CC.CC.Cc1ccc(S(=O)NC(C)(C)C)c(C(C)O)c1Cl. The van der Waals surface area contributed by atoms with Crippen LogP contribution < -0.4 is 4.72 Å². The quantitative estimate of drug-likeness (QED) is 0.791. The number of benzene rings is 1. The number of hydrogen-bond donors (Lipinski definition) is 2. The van der Waals surface area contributed by atoms with Gasteiger partial charge in [-0.1, -0.05) is 45.4 Å². The van der Waals surface area contributed by atoms with Crippen molar-refractivity contribution in [2.75, 3.05) is 0 Å². The van der Waals surface area contributed by atoms with Gasteiger partial charge in [0.05, 0.1) is 16.0 Å². The molecule has 1 aromatic carbocycles. The number of aliphatic hydroxyl groups excluding tert-OH is 1. The van der Waals surface area contributed by atoms with Crippen LogP contribution in [-0.4, -0.2) is 14.9 Å². The minimum atomic E-state index is -1.40. The van der Waals surface area contributed by atoms with Gasteiger partial charge in [0, 0.05) is 11.1 Å². The molecule has 2 N–H and O–H groups in total. The summed E-state index contributed by atoms with van der Waals surface area (Å²) < 4.78 is 15.3. The van der Waals surface area contributed by atoms with E-state index in [4.69, 9.17) is 11.6 Å². The zero-order chi connectivity index (χ0) is 18.1. The van der Waals surface area contributed by atoms with E-state index in [1.165, 1.54) is 0 Å². The van der Waals surface area contributed by atoms with Crippen LogP contribution in [0, 0.1) is 6.92 Å². The van der Waals surface area contributed by atoms with Gasteiger partial charge in [-0.2, -0.15) is 0 Å². The predicted octanol–water partition coefficient (Wildman–Crippen LogP) is 5.16. The van der Waals surface area contributed by atoms with Crippen molar-refractivity contribution < 1.29 is 9.32 Å². The molecule has 0 aliphatic heterocycles. The summed E-state index contributed by atoms with van der Waals surface area (Å²) in [5.74, 6) is 0. The van der Waals surface area contributed by atoms with E-state index >= 15 is 0 Å². The van der Waals surface area contributed by atoms with Crippen LogP contribution in [0.3, 0.4) is 0 Å². The molecule has 22 heavy (non-hydrogen) atoms. The second-order valence-corrected chi connectivity index (χ2v) is 6.96. The molecule has 0 heterocycles. The zero-order valence-corrected chi connectivity index (χ0v) is 16.9. The molecule has 1 rings (SSSR count). The standard InChI is InChI=1S/C13H20ClNO2S.2C2H6/c1-8-6-7-10(11(9(2)16)12(8)14)18(17)15-13(3,4)5;2*1-2/h6-7,9,15-16H,1-5H3;2*1-2H3. The first-order valence-corrected chi connectivity index (χ1v) is 9.33. The normalized spacial score (nSPS) is 13.2. The van der Waals surface area contributed by atoms with Gasteiger partial charge < -0.3 is 5.11 Å². The third-order valence-electron chi connectivity index (χ3n) is 2.35. The number of rotatable bonds is 3. The molecule has 0 aliphatic rings. The highest BCUT2D eigenvalue weighted by Crippen LogP contribution is 2.31. The summed E-state index contributed by atoms with van der Waals surface area (Å²) in [5.41, 5.74) is 1.12. The minimum Gasteiger partial charge on any atom is -0.389 e. The lowest BCUT2D eigenvalue weighted by molar-refractivity contribution is 0.196. The van der Waals surface area contributed by atoms with Crippen LogP contribution >= 0.6 is 11.6 Å². The van der Waals surface area contributed by atoms with Gasteiger partial charge in [0.25, 0.3) is 0 Å². The second-order valence-electron chi connectivity index (χ2n) is 5.41. The van der Waals surface area contributed by atoms with Crippen molar-refractivity contribution >= 4 is 22.6 Å². The fraction of sp³-hybridized carbons (Fsp3) is 0.647. The monoisotopic (exact) mass is 349 g/mol. The van der Waals surface area contributed by atoms with Gasteiger partial charge >= 0.3 is 0 Å². The number of halogens is 1. The molecule has 0 radical (unpaired) electrons. The number of nitrogens with one attached hydrogen (secondary N) is 1. The number of aryl methyl sites for hydroxylation is 1. The molecule has 3 nitrogen and oxygen atoms in total. The van der Waals surface area contributed by atoms with E-state index < -0.39 is 17.1 Å². The van der Waals surface area contributed by atoms with Crippen molar-refractivity contribution in [2.45, 2.75) is 78.9 Å². The van der Waals surface area contributed by atoms with Crippen molar-refractivity contribution in [3.05, 3.63) is 28.3 Å². The number of aliphatic hydroxyl groups is 1. The lowest BCUT2D eigenvalue weighted by atomic mass is 10.1. The third kappa shape index (κ3) is 7.73. The van der Waals surface area contributed by atoms with E-state index in [9.17, 15) is 9.32 Å². The van der Waals surface area contributed by atoms with Gasteiger partial charge in [0.15, 0.2) is 0 Å². The molecule has 130 valence electrons. The molecular formula is C17H32ClNO2S. The van der Waals surface area contributed by atoms with Crippen LogP contribution in [0.1, 0.15) is 72.6 Å². The summed E-state index contributed by atoms with van der Waals surface area (Å²) in [6.07, 6.45) is -0.752. The Labute approximate surface area is 144 Å². The average molecular weight is 350 g/mol. The van der Waals surface area contributed by atoms with E-state index in [0.717, 1.165) is 5.56 Å². The highest BCUT2D eigenvalue weighted by Gasteiger charge is 2.21. The van der Waals surface area contributed by atoms with Crippen LogP contribution in [0.2, 0.25) is 5.02 Å². The van der Waals surface area contributed by atoms with Crippen LogP contribution in [0.5, 0.6) is 0 Å². The van der Waals surface area contributed by atoms with Crippen molar-refractivity contribution in [3.8, 4) is 0 Å². The Morgan fingerprint density at radius 3 is 2.00 bits per heavy atom. The zero-order valence-electron chi connectivity index (χ0n) is 15.4. The lowest BCUT2D eigenvalue weighted by Crippen LogP contribution is -2.37. The van der Waals surface area contributed by atoms with Crippen LogP contribution in [0.25, 0.3) is 0 Å². The van der Waals surface area contributed by atoms with Gasteiger partial charge in [-0.15, -0.1) is 0 Å². The minimum absolute atomic E-state index is 0.280. The van der Waals surface area contributed by atoms with Gasteiger partial charge in [0.2, 0.25) is 0 Å². The molecule has 5 heteroatoms. The maximum absolute atomic E-state index is 12.3. The molecule has 0 saturated carbocycles. The van der Waals surface area contributed by atoms with Gasteiger partial charge in [-0.25, -0.2) is 8.93 Å². The largest absolute Gasteiger partial charge is 0.389 e. The molecule has 0 spiro atoms. The Balaban J connectivity index is 0. The Morgan fingerprint density at radius 1 is 1.18 bits per heavy atom. The van der Waals surface area contributed by atoms with Crippen LogP contribution in [-0.2, 0) is 11.0 Å². The maximum atomic E-state index is 12.3. The molecule has 0 saturated heterocycles. The summed E-state index contributed by atoms with van der Waals surface area (Å²) in [4.78, 5) is 0.538. The van der Waals surface area contributed by atoms with Crippen molar-refractivity contribution in [2.24, 2.45) is 0 Å². The van der Waals surface area contributed by atoms with E-state index in [-0.39, 0.29) is 5.54 Å². The summed E-state index contributed by atoms with van der Waals surface area (Å²) in [6, 6.07) is 3.56. The molecule has 0 aliphatic carbocycles. The molecule has 0 fully saturated rings. The average Bonchev–Trinajstić information content (AvgIpc) is 2.43. The molecule has 2 unspecified atom stereocenters. The topological polar surface area (TPSA) is 49.3 Å². The highest BCUT2D eigenvalue weighted by atomic mass is 35.5. The Bertz CT molecular complexity index is 468. The maximum Gasteiger partial charge on any atom is 0.125 e. The predicted molar refractivity (Wildman–Crippen MR) is 98.8 cm³/mol. The second kappa shape index (κ2) is 11.2. The molecular weight excluding hydrogens is 318 g/mol. The Morgan fingerprint density at radius 2 is 1.64 bits per heavy atom. The van der Waals surface area contributed by atoms with Gasteiger partial charge in [-0.05, 0) is 46.2 Å². The molecule has 0 bridgehead atoms. The molecule has 2 atom stereocenters. The lowest BCUT2D eigenvalue weighted by Gasteiger charge is -2.22. The summed E-state index contributed by atoms with van der Waals surface area (Å²) >= 11 is 6.19. The van der Waals surface area contributed by atoms with E-state index in [0.29, 0.717) is 15.5 Å². The van der Waals surface area contributed by atoms with Gasteiger partial charge in [-0.3, -0.25) is 0 Å². The van der Waals surface area contributed by atoms with Crippen molar-refractivity contribution in [1.29, 1.82) is 0 Å². The first-order chi connectivity index (χ1) is 10.1. The van der Waals surface area contributed by atoms with E-state index in [1.54, 1.807) is 13.0 Å². The van der Waals surface area contributed by atoms with E-state index in [1.807, 2.05) is 61.5 Å². The summed E-state index contributed by atoms with van der Waals surface area (Å²) in [6.45, 7) is 17.3. The number of hydrogen-bond acceptors (Lipinski definition) is 2. The highest BCUT2D eigenvalue weighted by molar-refractivity contribution is 7.83. The van der Waals surface area contributed by atoms with Crippen LogP contribution in [0.15, 0.2) is 17.0 Å². The Hall–Kier alpha value is -0.420. The van der Waals surface area contributed by atoms with Gasteiger partial charge in [0.1, 0.15) is 11.0 Å². The summed E-state index contributed by atoms with van der Waals surface area (Å²) in [5, 5.41) is 10.3. The molecule has 0 aromatic heterocycles. The van der Waals surface area contributed by atoms with Crippen LogP contribution in [0.4, 0.5) is 0 Å². The fourth-order valence-corrected chi connectivity index (χ4v) is 3.28. The Kier molecular flexibility index (Phi) is 12.1. The first kappa shape index (κ1) is 23.8. The summed E-state index contributed by atoms with van der Waals surface area (Å²) in [7, 11) is -1.40. The molecule has 0 amide bonds. The first-order valence-electron chi connectivity index (χ1n) is 7.80.